The van der Waals surface area contributed by atoms with Crippen LogP contribution in [-0.4, -0.2) is 35.3 Å². The van der Waals surface area contributed by atoms with Crippen molar-refractivity contribution in [2.24, 2.45) is 11.8 Å². The smallest absolute Gasteiger partial charge is 0.243 e. The number of nitrogens with zero attached hydrogens (tertiary/aromatic N) is 1. The highest BCUT2D eigenvalue weighted by Crippen LogP contribution is 2.50. The van der Waals surface area contributed by atoms with E-state index >= 15 is 0 Å². The number of benzene rings is 1. The van der Waals surface area contributed by atoms with E-state index in [1.54, 1.807) is 17.0 Å². The summed E-state index contributed by atoms with van der Waals surface area (Å²) < 4.78 is 14.2. The van der Waals surface area contributed by atoms with Crippen LogP contribution in [0, 0.1) is 17.7 Å². The molecule has 2 amide bonds. The van der Waals surface area contributed by atoms with Gasteiger partial charge < -0.3 is 10.2 Å². The lowest BCUT2D eigenvalue weighted by Gasteiger charge is -2.40. The fourth-order valence-electron chi connectivity index (χ4n) is 3.83. The van der Waals surface area contributed by atoms with Crippen molar-refractivity contribution in [3.8, 4) is 0 Å². The first-order chi connectivity index (χ1) is 12.3. The van der Waals surface area contributed by atoms with Crippen LogP contribution >= 0.6 is 11.6 Å². The number of hydrogen-bond acceptors (Lipinski definition) is 2. The first-order valence-electron chi connectivity index (χ1n) is 9.37. The Labute approximate surface area is 159 Å². The highest BCUT2D eigenvalue weighted by Gasteiger charge is 2.50. The van der Waals surface area contributed by atoms with E-state index in [4.69, 9.17) is 11.6 Å². The lowest BCUT2D eigenvalue weighted by atomic mass is 9.96. The van der Waals surface area contributed by atoms with E-state index in [1.165, 1.54) is 6.07 Å². The predicted molar refractivity (Wildman–Crippen MR) is 99.4 cm³/mol. The summed E-state index contributed by atoms with van der Waals surface area (Å²) in [5.41, 5.74) is 0.543. The standard InChI is InChI=1S/C20H26ClFN2O2/c1-4-13-10-24(18(7-11(2)3)19(25)23-13)20(26)16-9-15(16)14-6-5-12(21)8-17(14)22/h5-6,8,11,13,15-16,18H,4,7,9-10H2,1-3H3,(H,23,25)/t13-,15-,16+,18-/m0/s1. The summed E-state index contributed by atoms with van der Waals surface area (Å²) in [7, 11) is 0. The maximum Gasteiger partial charge on any atom is 0.243 e. The molecule has 0 bridgehead atoms. The van der Waals surface area contributed by atoms with Crippen molar-refractivity contribution in [3.63, 3.8) is 0 Å². The number of carbonyl (C=O) groups is 2. The number of rotatable bonds is 5. The van der Waals surface area contributed by atoms with Crippen molar-refractivity contribution in [1.82, 2.24) is 10.2 Å². The molecule has 1 aliphatic heterocycles. The molecule has 0 spiro atoms. The van der Waals surface area contributed by atoms with Gasteiger partial charge >= 0.3 is 0 Å². The minimum Gasteiger partial charge on any atom is -0.350 e. The Bertz CT molecular complexity index is 709. The minimum absolute atomic E-state index is 0.0145. The SMILES string of the molecule is CC[C@H]1CN(C(=O)[C@@H]2C[C@H]2c2ccc(Cl)cc2F)[C@@H](CC(C)C)C(=O)N1. The van der Waals surface area contributed by atoms with E-state index in [-0.39, 0.29) is 35.5 Å². The first-order valence-corrected chi connectivity index (χ1v) is 9.75. The van der Waals surface area contributed by atoms with Crippen LogP contribution in [0.15, 0.2) is 18.2 Å². The summed E-state index contributed by atoms with van der Waals surface area (Å²) in [5.74, 6) is -0.515. The van der Waals surface area contributed by atoms with E-state index in [9.17, 15) is 14.0 Å². The second-order valence-electron chi connectivity index (χ2n) is 7.86. The quantitative estimate of drug-likeness (QED) is 0.846. The molecule has 1 aromatic carbocycles. The number of nitrogens with one attached hydrogen (secondary N) is 1. The van der Waals surface area contributed by atoms with Crippen LogP contribution in [-0.2, 0) is 9.59 Å². The third-order valence-electron chi connectivity index (χ3n) is 5.38. The molecule has 2 fully saturated rings. The third kappa shape index (κ3) is 3.88. The molecule has 1 aromatic rings. The average molecular weight is 381 g/mol. The molecule has 142 valence electrons. The van der Waals surface area contributed by atoms with Gasteiger partial charge in [-0.3, -0.25) is 9.59 Å². The Morgan fingerprint density at radius 3 is 2.77 bits per heavy atom. The fraction of sp³-hybridized carbons (Fsp3) is 0.600. The normalized spacial score (nSPS) is 28.2. The molecule has 6 heteroatoms. The lowest BCUT2D eigenvalue weighted by Crippen LogP contribution is -2.62. The van der Waals surface area contributed by atoms with Crippen LogP contribution in [0.2, 0.25) is 5.02 Å². The summed E-state index contributed by atoms with van der Waals surface area (Å²) in [6, 6.07) is 4.17. The second-order valence-corrected chi connectivity index (χ2v) is 8.30. The van der Waals surface area contributed by atoms with Gasteiger partial charge in [0, 0.05) is 23.5 Å². The number of halogens is 2. The molecular weight excluding hydrogens is 355 g/mol. The van der Waals surface area contributed by atoms with Crippen molar-refractivity contribution < 1.29 is 14.0 Å². The predicted octanol–water partition coefficient (Wildman–Crippen LogP) is 3.73. The maximum absolute atomic E-state index is 14.2. The van der Waals surface area contributed by atoms with E-state index in [0.717, 1.165) is 6.42 Å². The number of carbonyl (C=O) groups excluding carboxylic acids is 2. The van der Waals surface area contributed by atoms with Crippen LogP contribution in [0.1, 0.15) is 51.5 Å². The van der Waals surface area contributed by atoms with Crippen molar-refractivity contribution in [3.05, 3.63) is 34.6 Å². The number of amides is 2. The summed E-state index contributed by atoms with van der Waals surface area (Å²) >= 11 is 5.82. The Kier molecular flexibility index (Phi) is 5.56. The van der Waals surface area contributed by atoms with Gasteiger partial charge in [0.2, 0.25) is 11.8 Å². The van der Waals surface area contributed by atoms with Crippen molar-refractivity contribution >= 4 is 23.4 Å². The van der Waals surface area contributed by atoms with Crippen molar-refractivity contribution in [2.45, 2.75) is 58.0 Å². The molecule has 3 rings (SSSR count). The molecule has 1 heterocycles. The van der Waals surface area contributed by atoms with Crippen LogP contribution in [0.25, 0.3) is 0 Å². The molecule has 0 radical (unpaired) electrons. The Hall–Kier alpha value is -1.62. The van der Waals surface area contributed by atoms with Crippen LogP contribution in [0.5, 0.6) is 0 Å². The topological polar surface area (TPSA) is 49.4 Å². The monoisotopic (exact) mass is 380 g/mol. The van der Waals surface area contributed by atoms with Gasteiger partial charge in [0.05, 0.1) is 0 Å². The third-order valence-corrected chi connectivity index (χ3v) is 5.62. The largest absolute Gasteiger partial charge is 0.350 e. The fourth-order valence-corrected chi connectivity index (χ4v) is 3.99. The van der Waals surface area contributed by atoms with Gasteiger partial charge in [-0.05, 0) is 48.8 Å². The molecule has 26 heavy (non-hydrogen) atoms. The van der Waals surface area contributed by atoms with E-state index in [2.05, 4.69) is 5.32 Å². The molecule has 0 aromatic heterocycles. The summed E-state index contributed by atoms with van der Waals surface area (Å²) in [6.07, 6.45) is 2.05. The number of hydrogen-bond donors (Lipinski definition) is 1. The zero-order chi connectivity index (χ0) is 19.0. The van der Waals surface area contributed by atoms with Crippen molar-refractivity contribution in [1.29, 1.82) is 0 Å². The number of piperazine rings is 1. The molecule has 1 saturated carbocycles. The molecule has 1 aliphatic carbocycles. The second kappa shape index (κ2) is 7.55. The van der Waals surface area contributed by atoms with Gasteiger partial charge in [0.25, 0.3) is 0 Å². The zero-order valence-electron chi connectivity index (χ0n) is 15.5. The Morgan fingerprint density at radius 2 is 2.15 bits per heavy atom. The molecule has 2 aliphatic rings. The van der Waals surface area contributed by atoms with Gasteiger partial charge in [0.1, 0.15) is 11.9 Å². The van der Waals surface area contributed by atoms with Crippen LogP contribution in [0.4, 0.5) is 4.39 Å². The molecular formula is C20H26ClFN2O2. The zero-order valence-corrected chi connectivity index (χ0v) is 16.2. The minimum atomic E-state index is -0.429. The molecule has 1 saturated heterocycles. The molecule has 0 unspecified atom stereocenters. The lowest BCUT2D eigenvalue weighted by molar-refractivity contribution is -0.146. The highest BCUT2D eigenvalue weighted by molar-refractivity contribution is 6.30. The summed E-state index contributed by atoms with van der Waals surface area (Å²) in [6.45, 7) is 6.62. The van der Waals surface area contributed by atoms with Gasteiger partial charge in [0.15, 0.2) is 0 Å². The Balaban J connectivity index is 1.77. The maximum atomic E-state index is 14.2. The average Bonchev–Trinajstić information content (AvgIpc) is 3.35. The summed E-state index contributed by atoms with van der Waals surface area (Å²) in [4.78, 5) is 27.4. The van der Waals surface area contributed by atoms with Gasteiger partial charge in [-0.25, -0.2) is 4.39 Å². The van der Waals surface area contributed by atoms with E-state index in [0.29, 0.717) is 35.9 Å². The van der Waals surface area contributed by atoms with Gasteiger partial charge in [-0.15, -0.1) is 0 Å². The molecule has 4 nitrogen and oxygen atoms in total. The van der Waals surface area contributed by atoms with Crippen LogP contribution in [0.3, 0.4) is 0 Å². The highest BCUT2D eigenvalue weighted by atomic mass is 35.5. The summed E-state index contributed by atoms with van der Waals surface area (Å²) in [5, 5.41) is 3.37. The van der Waals surface area contributed by atoms with Crippen molar-refractivity contribution in [2.75, 3.05) is 6.54 Å². The molecule has 4 atom stereocenters. The molecule has 1 N–H and O–H groups in total. The van der Waals surface area contributed by atoms with Crippen LogP contribution < -0.4 is 5.32 Å². The van der Waals surface area contributed by atoms with Gasteiger partial charge in [-0.2, -0.15) is 0 Å². The first kappa shape index (κ1) is 19.2. The van der Waals surface area contributed by atoms with Gasteiger partial charge in [-0.1, -0.05) is 38.4 Å². The van der Waals surface area contributed by atoms with E-state index in [1.807, 2.05) is 20.8 Å². The Morgan fingerprint density at radius 1 is 1.42 bits per heavy atom. The van der Waals surface area contributed by atoms with E-state index < -0.39 is 6.04 Å².